The molecule has 1 aliphatic rings. The first-order valence-corrected chi connectivity index (χ1v) is 11.0. The van der Waals surface area contributed by atoms with E-state index in [2.05, 4.69) is 27.3 Å². The Labute approximate surface area is 175 Å². The second-order valence-corrected chi connectivity index (χ2v) is 8.98. The minimum Gasteiger partial charge on any atom is -0.367 e. The predicted molar refractivity (Wildman–Crippen MR) is 110 cm³/mol. The Morgan fingerprint density at radius 1 is 1.24 bits per heavy atom. The Kier molecular flexibility index (Phi) is 7.01. The molecule has 1 aromatic heterocycles. The summed E-state index contributed by atoms with van der Waals surface area (Å²) in [4.78, 5) is 16.7. The molecule has 1 aliphatic heterocycles. The number of carbonyl (C=O) groups is 1. The third kappa shape index (κ3) is 5.83. The van der Waals surface area contributed by atoms with E-state index in [0.29, 0.717) is 23.1 Å². The average molecular weight is 446 g/mol. The van der Waals surface area contributed by atoms with Crippen molar-refractivity contribution in [1.29, 1.82) is 0 Å². The quantitative estimate of drug-likeness (QED) is 0.684. The largest absolute Gasteiger partial charge is 0.416 e. The molecule has 0 atom stereocenters. The number of amides is 1. The van der Waals surface area contributed by atoms with E-state index in [1.807, 2.05) is 11.8 Å². The van der Waals surface area contributed by atoms with Gasteiger partial charge >= 0.3 is 6.18 Å². The lowest BCUT2D eigenvalue weighted by atomic mass is 10.1. The Hall–Kier alpha value is -1.85. The molecule has 0 saturated carbocycles. The van der Waals surface area contributed by atoms with Gasteiger partial charge < -0.3 is 15.1 Å². The molecule has 0 spiro atoms. The number of nitrogens with one attached hydrogen (secondary N) is 1. The van der Waals surface area contributed by atoms with Gasteiger partial charge in [0.05, 0.1) is 22.7 Å². The standard InChI is InChI=1S/C18H22F3N5OS2/c1-3-25-6-8-26(9-7-25)15-5-4-13(18(19,20)21)10-14(15)22-16(27)11-28-17-24-23-12(2)29-17/h4-5,10H,3,6-9,11H2,1-2H3,(H,22,27). The smallest absolute Gasteiger partial charge is 0.367 e. The van der Waals surface area contributed by atoms with E-state index in [0.717, 1.165) is 36.8 Å². The molecule has 2 heterocycles. The highest BCUT2D eigenvalue weighted by Gasteiger charge is 2.32. The first kappa shape index (κ1) is 21.8. The fourth-order valence-corrected chi connectivity index (χ4v) is 4.66. The topological polar surface area (TPSA) is 61.4 Å². The Balaban J connectivity index is 1.75. The number of aromatic nitrogens is 2. The van der Waals surface area contributed by atoms with E-state index in [1.165, 1.54) is 29.2 Å². The molecule has 158 valence electrons. The second kappa shape index (κ2) is 9.31. The molecule has 0 bridgehead atoms. The highest BCUT2D eigenvalue weighted by molar-refractivity contribution is 8.01. The average Bonchev–Trinajstić information content (AvgIpc) is 3.11. The summed E-state index contributed by atoms with van der Waals surface area (Å²) in [6, 6.07) is 3.52. The van der Waals surface area contributed by atoms with Gasteiger partial charge in [0, 0.05) is 26.2 Å². The normalized spacial score (nSPS) is 15.6. The van der Waals surface area contributed by atoms with Gasteiger partial charge in [-0.2, -0.15) is 13.2 Å². The van der Waals surface area contributed by atoms with Gasteiger partial charge in [0.1, 0.15) is 5.01 Å². The molecule has 1 saturated heterocycles. The zero-order chi connectivity index (χ0) is 21.0. The molecule has 3 rings (SSSR count). The predicted octanol–water partition coefficient (Wildman–Crippen LogP) is 3.74. The summed E-state index contributed by atoms with van der Waals surface area (Å²) in [5, 5.41) is 11.3. The zero-order valence-electron chi connectivity index (χ0n) is 16.1. The molecule has 1 amide bonds. The first-order chi connectivity index (χ1) is 13.8. The van der Waals surface area contributed by atoms with E-state index in [-0.39, 0.29) is 17.3 Å². The lowest BCUT2D eigenvalue weighted by molar-refractivity contribution is -0.137. The molecular formula is C18H22F3N5OS2. The van der Waals surface area contributed by atoms with E-state index in [9.17, 15) is 18.0 Å². The molecule has 6 nitrogen and oxygen atoms in total. The Morgan fingerprint density at radius 2 is 1.97 bits per heavy atom. The van der Waals surface area contributed by atoms with Crippen molar-refractivity contribution < 1.29 is 18.0 Å². The molecule has 2 aromatic rings. The van der Waals surface area contributed by atoms with Crippen LogP contribution in [0, 0.1) is 6.92 Å². The first-order valence-electron chi connectivity index (χ1n) is 9.17. The molecule has 1 aromatic carbocycles. The molecule has 0 unspecified atom stereocenters. The number of benzene rings is 1. The third-order valence-corrected chi connectivity index (χ3v) is 6.56. The van der Waals surface area contributed by atoms with Crippen molar-refractivity contribution in [3.63, 3.8) is 0 Å². The Morgan fingerprint density at radius 3 is 2.55 bits per heavy atom. The third-order valence-electron chi connectivity index (χ3n) is 4.59. The van der Waals surface area contributed by atoms with Gasteiger partial charge in [0.25, 0.3) is 0 Å². The van der Waals surface area contributed by atoms with Crippen molar-refractivity contribution >= 4 is 40.4 Å². The van der Waals surface area contributed by atoms with Crippen LogP contribution in [0.4, 0.5) is 24.5 Å². The molecule has 11 heteroatoms. The van der Waals surface area contributed by atoms with Crippen LogP contribution in [-0.4, -0.2) is 59.5 Å². The summed E-state index contributed by atoms with van der Waals surface area (Å²) in [6.07, 6.45) is -4.47. The summed E-state index contributed by atoms with van der Waals surface area (Å²) in [7, 11) is 0. The Bertz CT molecular complexity index is 850. The van der Waals surface area contributed by atoms with Crippen molar-refractivity contribution in [2.75, 3.05) is 48.7 Å². The number of piperazine rings is 1. The maximum atomic E-state index is 13.2. The maximum absolute atomic E-state index is 13.2. The van der Waals surface area contributed by atoms with Crippen LogP contribution in [-0.2, 0) is 11.0 Å². The minimum atomic E-state index is -4.47. The SMILES string of the molecule is CCN1CCN(c2ccc(C(F)(F)F)cc2NC(=O)CSc2nnc(C)s2)CC1. The summed E-state index contributed by atoms with van der Waals surface area (Å²) >= 11 is 2.58. The van der Waals surface area contributed by atoms with Crippen LogP contribution in [0.2, 0.25) is 0 Å². The molecular weight excluding hydrogens is 423 g/mol. The lowest BCUT2D eigenvalue weighted by Gasteiger charge is -2.36. The van der Waals surface area contributed by atoms with Gasteiger partial charge in [0.2, 0.25) is 5.91 Å². The van der Waals surface area contributed by atoms with Gasteiger partial charge in [0.15, 0.2) is 4.34 Å². The van der Waals surface area contributed by atoms with Crippen LogP contribution < -0.4 is 10.2 Å². The van der Waals surface area contributed by atoms with Crippen molar-refractivity contribution in [3.05, 3.63) is 28.8 Å². The van der Waals surface area contributed by atoms with E-state index >= 15 is 0 Å². The number of thioether (sulfide) groups is 1. The summed E-state index contributed by atoms with van der Waals surface area (Å²) in [6.45, 7) is 7.88. The monoisotopic (exact) mass is 445 g/mol. The van der Waals surface area contributed by atoms with E-state index in [4.69, 9.17) is 0 Å². The number of carbonyl (C=O) groups excluding carboxylic acids is 1. The van der Waals surface area contributed by atoms with Crippen molar-refractivity contribution in [2.45, 2.75) is 24.4 Å². The van der Waals surface area contributed by atoms with Crippen LogP contribution in [0.1, 0.15) is 17.5 Å². The van der Waals surface area contributed by atoms with Gasteiger partial charge in [-0.3, -0.25) is 4.79 Å². The number of hydrogen-bond donors (Lipinski definition) is 1. The molecule has 0 radical (unpaired) electrons. The van der Waals surface area contributed by atoms with Crippen LogP contribution in [0.15, 0.2) is 22.5 Å². The number of anilines is 2. The number of rotatable bonds is 6. The summed E-state index contributed by atoms with van der Waals surface area (Å²) in [5.41, 5.74) is 0.0128. The van der Waals surface area contributed by atoms with Crippen molar-refractivity contribution in [2.24, 2.45) is 0 Å². The number of halogens is 3. The van der Waals surface area contributed by atoms with E-state index < -0.39 is 11.7 Å². The fourth-order valence-electron chi connectivity index (χ4n) is 3.04. The van der Waals surface area contributed by atoms with Gasteiger partial charge in [-0.25, -0.2) is 0 Å². The molecule has 1 fully saturated rings. The highest BCUT2D eigenvalue weighted by atomic mass is 32.2. The molecule has 1 N–H and O–H groups in total. The van der Waals surface area contributed by atoms with Gasteiger partial charge in [-0.15, -0.1) is 10.2 Å². The van der Waals surface area contributed by atoms with Crippen LogP contribution >= 0.6 is 23.1 Å². The lowest BCUT2D eigenvalue weighted by Crippen LogP contribution is -2.46. The number of likely N-dealkylation sites (N-methyl/N-ethyl adjacent to an activating group) is 1. The number of hydrogen-bond acceptors (Lipinski definition) is 7. The second-order valence-electron chi connectivity index (χ2n) is 6.57. The van der Waals surface area contributed by atoms with Crippen LogP contribution in [0.25, 0.3) is 0 Å². The summed E-state index contributed by atoms with van der Waals surface area (Å²) < 4.78 is 40.2. The van der Waals surface area contributed by atoms with Gasteiger partial charge in [-0.05, 0) is 31.7 Å². The maximum Gasteiger partial charge on any atom is 0.416 e. The highest BCUT2D eigenvalue weighted by Crippen LogP contribution is 2.36. The fraction of sp³-hybridized carbons (Fsp3) is 0.500. The minimum absolute atomic E-state index is 0.0495. The van der Waals surface area contributed by atoms with Crippen LogP contribution in [0.3, 0.4) is 0 Å². The molecule has 0 aliphatic carbocycles. The van der Waals surface area contributed by atoms with Crippen molar-refractivity contribution in [3.8, 4) is 0 Å². The molecule has 29 heavy (non-hydrogen) atoms. The number of alkyl halides is 3. The summed E-state index contributed by atoms with van der Waals surface area (Å²) in [5.74, 6) is -0.330. The number of aryl methyl sites for hydroxylation is 1. The van der Waals surface area contributed by atoms with Gasteiger partial charge in [-0.1, -0.05) is 30.0 Å². The number of nitrogens with zero attached hydrogens (tertiary/aromatic N) is 4. The van der Waals surface area contributed by atoms with Crippen molar-refractivity contribution in [1.82, 2.24) is 15.1 Å². The van der Waals surface area contributed by atoms with Crippen LogP contribution in [0.5, 0.6) is 0 Å². The van der Waals surface area contributed by atoms with E-state index in [1.54, 1.807) is 0 Å². The zero-order valence-corrected chi connectivity index (χ0v) is 17.8.